The quantitative estimate of drug-likeness (QED) is 0.00570. The van der Waals surface area contributed by atoms with Gasteiger partial charge in [0.15, 0.2) is 59.1 Å². The molecule has 150 heavy (non-hydrogen) atoms. The highest BCUT2D eigenvalue weighted by Crippen LogP contribution is 2.57. The van der Waals surface area contributed by atoms with E-state index in [1.807, 2.05) is 69.7 Å². The van der Waals surface area contributed by atoms with Crippen LogP contribution in [0.15, 0.2) is 188 Å². The van der Waals surface area contributed by atoms with E-state index >= 15 is 0 Å². The van der Waals surface area contributed by atoms with Gasteiger partial charge in [-0.3, -0.25) is 75.1 Å². The maximum Gasteiger partial charge on any atom is 0.311 e. The van der Waals surface area contributed by atoms with E-state index in [0.717, 1.165) is 129 Å². The molecule has 6 unspecified atom stereocenters. The van der Waals surface area contributed by atoms with Crippen molar-refractivity contribution in [2.75, 3.05) is 81.1 Å². The van der Waals surface area contributed by atoms with Crippen molar-refractivity contribution in [3.05, 3.63) is 291 Å². The lowest BCUT2D eigenvalue weighted by Crippen LogP contribution is -2.46. The Hall–Kier alpha value is -13.5. The number of rotatable bonds is 22. The number of nitrogens with zero attached hydrogens (tertiary/aromatic N) is 10. The van der Waals surface area contributed by atoms with Crippen molar-refractivity contribution in [3.63, 3.8) is 0 Å². The number of aldehydes is 3. The van der Waals surface area contributed by atoms with Crippen molar-refractivity contribution in [3.8, 4) is 51.7 Å². The fourth-order valence-corrected chi connectivity index (χ4v) is 24.2. The number of alkyl halides is 1. The van der Waals surface area contributed by atoms with E-state index in [1.165, 1.54) is 63.5 Å². The number of ether oxygens (including phenoxy) is 1. The lowest BCUT2D eigenvalue weighted by atomic mass is 9.78. The predicted molar refractivity (Wildman–Crippen MR) is 596 cm³/mol. The molecule has 0 amide bonds. The van der Waals surface area contributed by atoms with Gasteiger partial charge >= 0.3 is 34.1 Å². The maximum absolute atomic E-state index is 11.6. The number of nitrogens with two attached hydrogens (primary N) is 3. The molecule has 0 aromatic heterocycles. The molecule has 7 aliphatic rings. The molecule has 7 aliphatic heterocycles. The molecular weight excluding hydrogens is 2120 g/mol. The molecule has 0 saturated heterocycles. The first-order chi connectivity index (χ1) is 70.6. The van der Waals surface area contributed by atoms with Crippen molar-refractivity contribution in [1.82, 2.24) is 0 Å². The molecule has 17 rings (SSSR count). The number of carbonyl (C=O) groups excluding carboxylic acids is 3. The second-order valence-electron chi connectivity index (χ2n) is 37.4. The third-order valence-electron chi connectivity index (χ3n) is 26.3. The molecule has 0 bridgehead atoms. The van der Waals surface area contributed by atoms with Gasteiger partial charge in [0.1, 0.15) is 24.3 Å². The maximum atomic E-state index is 11.6. The second kappa shape index (κ2) is 51.8. The molecule has 0 spiro atoms. The van der Waals surface area contributed by atoms with Gasteiger partial charge in [-0.2, -0.15) is 0 Å². The van der Waals surface area contributed by atoms with Crippen LogP contribution < -0.4 is 36.6 Å². The number of carbonyl (C=O) groups is 3. The molecule has 6 atom stereocenters. The minimum atomic E-state index is -0.793. The Morgan fingerprint density at radius 3 is 1.13 bits per heavy atom. The van der Waals surface area contributed by atoms with E-state index in [2.05, 4.69) is 166 Å². The van der Waals surface area contributed by atoms with Crippen LogP contribution in [0.3, 0.4) is 0 Å². The van der Waals surface area contributed by atoms with Crippen LogP contribution in [-0.4, -0.2) is 205 Å². The van der Waals surface area contributed by atoms with Gasteiger partial charge in [0.25, 0.3) is 0 Å². The number of anilines is 3. The van der Waals surface area contributed by atoms with Crippen LogP contribution in [0.5, 0.6) is 51.7 Å². The smallest absolute Gasteiger partial charge is 0.311 e. The van der Waals surface area contributed by atoms with Gasteiger partial charge < -0.3 is 82.6 Å². The Morgan fingerprint density at radius 1 is 0.447 bits per heavy atom. The number of hydrogen-bond donors (Lipinski definition) is 14. The zero-order valence-electron chi connectivity index (χ0n) is 84.4. The molecular formula is C105H120BrClN13O25S5+. The molecule has 10 aromatic rings. The number of aromatic hydroxyl groups is 8. The van der Waals surface area contributed by atoms with Gasteiger partial charge in [-0.15, -0.1) is 60.5 Å². The molecule has 0 radical (unpaired) electrons. The minimum absolute atomic E-state index is 0.00245. The van der Waals surface area contributed by atoms with E-state index in [-0.39, 0.29) is 139 Å². The summed E-state index contributed by atoms with van der Waals surface area (Å²) in [6.45, 7) is 24.2. The number of aliphatic hydroxyl groups is 1. The largest absolute Gasteiger partial charge is 0.508 e. The molecule has 0 saturated carbocycles. The Morgan fingerprint density at radius 2 is 0.773 bits per heavy atom. The number of nitro groups is 6. The van der Waals surface area contributed by atoms with Crippen molar-refractivity contribution in [2.24, 2.45) is 17.2 Å². The summed E-state index contributed by atoms with van der Waals surface area (Å²) in [5.74, 6) is -1.05. The number of thiol groups is 2. The number of thioether (sulfide) groups is 3. The van der Waals surface area contributed by atoms with Crippen LogP contribution >= 0.6 is 88.1 Å². The monoisotopic (exact) mass is 2240 g/mol. The number of fused-ring (bicyclic) bond motifs is 7. The highest BCUT2D eigenvalue weighted by atomic mass is 79.9. The van der Waals surface area contributed by atoms with E-state index in [0.29, 0.717) is 49.9 Å². The van der Waals surface area contributed by atoms with Crippen LogP contribution in [0.1, 0.15) is 171 Å². The summed E-state index contributed by atoms with van der Waals surface area (Å²) < 4.78 is 7.90. The number of phenolic OH excluding ortho intramolecular Hbond substituents is 8. The zero-order chi connectivity index (χ0) is 112. The highest BCUT2D eigenvalue weighted by molar-refractivity contribution is 9.09. The van der Waals surface area contributed by atoms with E-state index < -0.39 is 58.9 Å². The summed E-state index contributed by atoms with van der Waals surface area (Å²) in [5.41, 5.74) is 28.6. The summed E-state index contributed by atoms with van der Waals surface area (Å²) in [7, 11) is 8.27. The first-order valence-electron chi connectivity index (χ1n) is 46.8. The van der Waals surface area contributed by atoms with Crippen LogP contribution in [0.2, 0.25) is 5.02 Å². The molecule has 45 heteroatoms. The molecule has 0 aliphatic carbocycles. The minimum Gasteiger partial charge on any atom is -0.508 e. The first-order valence-corrected chi connectivity index (χ1v) is 51.8. The molecule has 15 N–H and O–H groups in total. The topological polar surface area (TPSA) is 592 Å². The average Bonchev–Trinajstić information content (AvgIpc) is 1.58. The summed E-state index contributed by atoms with van der Waals surface area (Å²) in [5, 5.41) is 150. The van der Waals surface area contributed by atoms with Gasteiger partial charge in [-0.1, -0.05) is 130 Å². The lowest BCUT2D eigenvalue weighted by Gasteiger charge is -2.38. The van der Waals surface area contributed by atoms with Crippen molar-refractivity contribution in [1.29, 1.82) is 0 Å². The average molecular weight is 2240 g/mol. The number of halogens is 2. The zero-order valence-corrected chi connectivity index (χ0v) is 91.0. The Bertz CT molecular complexity index is 6580. The number of phenols is 8. The number of likely N-dealkylation sites (N-methyl/N-ethyl adjacent to an activating group) is 3. The van der Waals surface area contributed by atoms with E-state index in [9.17, 15) is 101 Å². The number of aliphatic hydroxyl groups excluding tert-OH is 1. The van der Waals surface area contributed by atoms with Gasteiger partial charge in [-0.25, -0.2) is 4.58 Å². The van der Waals surface area contributed by atoms with E-state index in [1.54, 1.807) is 78.6 Å². The number of aryl methyl sites for hydroxylation is 1. The number of benzene rings is 10. The van der Waals surface area contributed by atoms with Crippen LogP contribution in [0.25, 0.3) is 18.2 Å². The number of hydrogen-bond acceptors (Lipinski definition) is 36. The van der Waals surface area contributed by atoms with Gasteiger partial charge in [0, 0.05) is 221 Å². The van der Waals surface area contributed by atoms with Crippen LogP contribution in [-0.2, 0) is 28.1 Å². The van der Waals surface area contributed by atoms with E-state index in [4.69, 9.17) is 54.0 Å². The molecule has 38 nitrogen and oxygen atoms in total. The predicted octanol–water partition coefficient (Wildman–Crippen LogP) is 21.2. The number of unbranched alkanes of at least 4 members (excludes halogenated alkanes) is 1. The van der Waals surface area contributed by atoms with Gasteiger partial charge in [0.05, 0.1) is 70.8 Å². The Kier molecular flexibility index (Phi) is 41.4. The second-order valence-corrected chi connectivity index (χ2v) is 43.3. The summed E-state index contributed by atoms with van der Waals surface area (Å²) >= 11 is 21.4. The fraction of sp³-hybridized carbons (Fsp3) is 0.333. The fourth-order valence-electron chi connectivity index (χ4n) is 18.6. The third kappa shape index (κ3) is 27.4. The number of nitro benzene ring substituents is 6. The van der Waals surface area contributed by atoms with Gasteiger partial charge in [0.2, 0.25) is 5.69 Å². The summed E-state index contributed by atoms with van der Waals surface area (Å²) in [6.07, 6.45) is 18.3. The third-order valence-corrected chi connectivity index (χ3v) is 31.9. The SMILES string of the molecule is CC1=[N+](C)c2cc(O)ccc2C1(C)C.CCO.CN1c2cc(CCCCN)ccc2C(C)(C)C1C1C=Cc2cc([N+](=O)[O-])c(OCCCN)cc2S1.CN1c2cc(O)ccc2C(C)(C)C1C1C=Cc2cc([N+](=O)[O-])c(O)cc2S1.CN1c2cc(O)ccc2C(C)(C)C1C1C=Cc2cc([N+](=O)[O-])c(O)cc2S1.NCCCBr.O=Cc1cc([N+](=O)[O-])c(O)cc1Cl.O=Cc1cc([N+](=O)[O-])c(O)cc1S.O=Cc1cc([N+](=O)[O-])c(O)cc1S. The molecule has 10 aromatic carbocycles. The molecule has 7 heterocycles. The Balaban J connectivity index is 0.000000198. The van der Waals surface area contributed by atoms with Crippen LogP contribution in [0, 0.1) is 60.7 Å². The summed E-state index contributed by atoms with van der Waals surface area (Å²) in [6, 6.07) is 39.1. The normalized spacial score (nSPS) is 17.4. The van der Waals surface area contributed by atoms with Crippen LogP contribution in [0.4, 0.5) is 56.9 Å². The van der Waals surface area contributed by atoms with Crippen molar-refractivity contribution >= 4 is 188 Å². The molecule has 798 valence electrons. The van der Waals surface area contributed by atoms with Crippen molar-refractivity contribution in [2.45, 2.75) is 181 Å². The molecule has 0 fully saturated rings. The van der Waals surface area contributed by atoms with Gasteiger partial charge in [-0.05, 0) is 142 Å². The first kappa shape index (κ1) is 120. The Labute approximate surface area is 902 Å². The van der Waals surface area contributed by atoms with Crippen molar-refractivity contribution < 1.29 is 99.2 Å². The standard InChI is InChI=1S/C27H36N4O3S.2C20H20N2O4S.C12H15NO.C7H4ClNO4.2C7H5NO4S.C3H8BrN.C2H6O/c1-27(2)20-10-8-18(7-4-5-12-28)15-21(20)30(3)26(27)24-11-9-19-16-22(31(32)33)23(17-25(19)35-24)34-14-6-13-29;2*1-20(2)13-6-5-12(23)9-14(13)21(3)19(20)17-7-4-11-8-15(22(25)26)16(24)10-18(11)27-17;1-8-12(2,3)10-6-5-9(14)7-11(10)13(8)4;8-5-2-7(11)6(9(12)13)1-4(5)3-10;2*9-3-4-1-5(8(11)12)6(10)2-7(4)13;4-2-1-3-5;1-2-3/h8-11,15-17,24,26H,4-7,12-14,28-29H2,1-3H3;2*4-10,17,19,23-24H,1-3H3;5-7H,1-4H3;1-3,11H;2*1-3,10,13H;1-3,5H2;3H,2H2,1H3/p+1. The highest BCUT2D eigenvalue weighted by Gasteiger charge is 2.51. The lowest BCUT2D eigenvalue weighted by molar-refractivity contribution is -0.403. The summed E-state index contributed by atoms with van der Waals surface area (Å²) in [4.78, 5) is 102.